The number of rotatable bonds is 8. The Bertz CT molecular complexity index is 680. The molecule has 1 aliphatic heterocycles. The maximum absolute atomic E-state index is 12.3. The molecule has 8 nitrogen and oxygen atoms in total. The molecule has 0 radical (unpaired) electrons. The van der Waals surface area contributed by atoms with Crippen LogP contribution in [0.3, 0.4) is 0 Å². The van der Waals surface area contributed by atoms with Crippen LogP contribution in [0.5, 0.6) is 0 Å². The van der Waals surface area contributed by atoms with Gasteiger partial charge in [-0.15, -0.1) is 35.3 Å². The third-order valence-corrected chi connectivity index (χ3v) is 5.40. The van der Waals surface area contributed by atoms with E-state index in [2.05, 4.69) is 25.9 Å². The molecule has 152 valence electrons. The van der Waals surface area contributed by atoms with Gasteiger partial charge in [-0.3, -0.25) is 14.7 Å². The minimum absolute atomic E-state index is 0. The van der Waals surface area contributed by atoms with Crippen molar-refractivity contribution < 1.29 is 9.59 Å². The molecule has 0 bridgehead atoms. The zero-order valence-electron chi connectivity index (χ0n) is 16.3. The second kappa shape index (κ2) is 10.8. The molecule has 10 heteroatoms. The minimum atomic E-state index is -0.768. The molecule has 1 saturated heterocycles. The highest BCUT2D eigenvalue weighted by Gasteiger charge is 2.45. The maximum atomic E-state index is 12.3. The lowest BCUT2D eigenvalue weighted by Gasteiger charge is -2.19. The van der Waals surface area contributed by atoms with E-state index in [1.165, 1.54) is 9.78 Å². The average Bonchev–Trinajstić information content (AvgIpc) is 3.12. The summed E-state index contributed by atoms with van der Waals surface area (Å²) in [5.41, 5.74) is -0.768. The number of aromatic nitrogens is 1. The third kappa shape index (κ3) is 6.30. The number of imide groups is 1. The number of amides is 3. The lowest BCUT2D eigenvalue weighted by Crippen LogP contribution is -2.43. The second-order valence-electron chi connectivity index (χ2n) is 6.47. The van der Waals surface area contributed by atoms with E-state index in [1.54, 1.807) is 25.3 Å². The second-order valence-corrected chi connectivity index (χ2v) is 7.79. The summed E-state index contributed by atoms with van der Waals surface area (Å²) in [4.78, 5) is 35.3. The molecule has 3 N–H and O–H groups in total. The van der Waals surface area contributed by atoms with Crippen molar-refractivity contribution in [3.63, 3.8) is 0 Å². The average molecular weight is 508 g/mol. The predicted octanol–water partition coefficient (Wildman–Crippen LogP) is 1.89. The van der Waals surface area contributed by atoms with Gasteiger partial charge in [0.1, 0.15) is 5.54 Å². The fourth-order valence-electron chi connectivity index (χ4n) is 2.66. The Kier molecular flexibility index (Phi) is 9.43. The Morgan fingerprint density at radius 3 is 2.63 bits per heavy atom. The minimum Gasteiger partial charge on any atom is -0.356 e. The molecule has 3 amide bonds. The summed E-state index contributed by atoms with van der Waals surface area (Å²) in [5.74, 6) is 0.556. The van der Waals surface area contributed by atoms with E-state index in [0.717, 1.165) is 18.0 Å². The van der Waals surface area contributed by atoms with Crippen molar-refractivity contribution in [2.24, 2.45) is 4.99 Å². The topological polar surface area (TPSA) is 98.7 Å². The van der Waals surface area contributed by atoms with Gasteiger partial charge in [0.2, 0.25) is 0 Å². The third-order valence-electron chi connectivity index (χ3n) is 4.43. The SMILES string of the molecule is CCC1(C)NC(=O)N(CCCNC(=NC)NCCc2ncc(C)s2)C1=O.I. The number of urea groups is 1. The van der Waals surface area contributed by atoms with Crippen LogP contribution in [0.25, 0.3) is 0 Å². The summed E-state index contributed by atoms with van der Waals surface area (Å²) < 4.78 is 0. The number of carbonyl (C=O) groups is 2. The largest absolute Gasteiger partial charge is 0.356 e. The zero-order valence-corrected chi connectivity index (χ0v) is 19.4. The molecule has 2 rings (SSSR count). The monoisotopic (exact) mass is 508 g/mol. The maximum Gasteiger partial charge on any atom is 0.325 e. The van der Waals surface area contributed by atoms with E-state index in [-0.39, 0.29) is 35.9 Å². The van der Waals surface area contributed by atoms with Crippen LogP contribution in [0, 0.1) is 6.92 Å². The fourth-order valence-corrected chi connectivity index (χ4v) is 3.45. The standard InChI is InChI=1S/C17H28N6O2S.HI/c1-5-17(3)14(24)23(16(25)22-17)10-6-8-19-15(18-4)20-9-7-13-21-11-12(2)26-13;/h11H,5-10H2,1-4H3,(H,22,25)(H2,18,19,20);1H. The zero-order chi connectivity index (χ0) is 19.2. The van der Waals surface area contributed by atoms with Gasteiger partial charge in [0, 0.05) is 44.2 Å². The van der Waals surface area contributed by atoms with Crippen LogP contribution in [0.1, 0.15) is 36.6 Å². The van der Waals surface area contributed by atoms with Gasteiger partial charge in [-0.05, 0) is 26.7 Å². The smallest absolute Gasteiger partial charge is 0.325 e. The molecule has 2 heterocycles. The van der Waals surface area contributed by atoms with E-state index in [1.807, 2.05) is 20.0 Å². The number of aryl methyl sites for hydroxylation is 1. The molecule has 1 aromatic heterocycles. The number of thiazole rings is 1. The quantitative estimate of drug-likeness (QED) is 0.164. The van der Waals surface area contributed by atoms with Crippen LogP contribution >= 0.6 is 35.3 Å². The number of nitrogens with zero attached hydrogens (tertiary/aromatic N) is 3. The van der Waals surface area contributed by atoms with E-state index in [9.17, 15) is 9.59 Å². The first-order valence-corrected chi connectivity index (χ1v) is 9.71. The lowest BCUT2D eigenvalue weighted by molar-refractivity contribution is -0.130. The van der Waals surface area contributed by atoms with Crippen LogP contribution in [0.4, 0.5) is 4.79 Å². The Morgan fingerprint density at radius 1 is 1.37 bits per heavy atom. The molecule has 1 atom stereocenters. The van der Waals surface area contributed by atoms with Crippen molar-refractivity contribution >= 4 is 53.2 Å². The van der Waals surface area contributed by atoms with Gasteiger partial charge in [-0.2, -0.15) is 0 Å². The fraction of sp³-hybridized carbons (Fsp3) is 0.647. The van der Waals surface area contributed by atoms with Crippen LogP contribution in [-0.2, 0) is 11.2 Å². The van der Waals surface area contributed by atoms with Gasteiger partial charge in [-0.1, -0.05) is 6.92 Å². The van der Waals surface area contributed by atoms with Crippen LogP contribution in [0.15, 0.2) is 11.2 Å². The van der Waals surface area contributed by atoms with Crippen molar-refractivity contribution in [1.29, 1.82) is 0 Å². The number of guanidine groups is 1. The summed E-state index contributed by atoms with van der Waals surface area (Å²) in [5, 5.41) is 10.3. The molecule has 0 aromatic carbocycles. The summed E-state index contributed by atoms with van der Waals surface area (Å²) in [6.45, 7) is 7.46. The molecular formula is C17H29IN6O2S. The Morgan fingerprint density at radius 2 is 2.07 bits per heavy atom. The highest BCUT2D eigenvalue weighted by atomic mass is 127. The molecule has 1 aromatic rings. The van der Waals surface area contributed by atoms with E-state index in [4.69, 9.17) is 0 Å². The van der Waals surface area contributed by atoms with E-state index < -0.39 is 5.54 Å². The van der Waals surface area contributed by atoms with Gasteiger partial charge >= 0.3 is 6.03 Å². The number of nitrogens with one attached hydrogen (secondary N) is 3. The summed E-state index contributed by atoms with van der Waals surface area (Å²) >= 11 is 1.70. The van der Waals surface area contributed by atoms with E-state index in [0.29, 0.717) is 31.9 Å². The normalized spacial score (nSPS) is 19.7. The molecule has 0 saturated carbocycles. The van der Waals surface area contributed by atoms with Crippen molar-refractivity contribution in [2.75, 3.05) is 26.7 Å². The lowest BCUT2D eigenvalue weighted by atomic mass is 9.99. The van der Waals surface area contributed by atoms with Crippen LogP contribution in [-0.4, -0.2) is 60.0 Å². The Labute approximate surface area is 181 Å². The highest BCUT2D eigenvalue weighted by Crippen LogP contribution is 2.20. The predicted molar refractivity (Wildman–Crippen MR) is 119 cm³/mol. The summed E-state index contributed by atoms with van der Waals surface area (Å²) in [7, 11) is 1.72. The first kappa shape index (κ1) is 23.6. The molecule has 1 unspecified atom stereocenters. The number of hydrogen-bond donors (Lipinski definition) is 3. The van der Waals surface area contributed by atoms with Gasteiger partial charge in [0.15, 0.2) is 5.96 Å². The molecule has 27 heavy (non-hydrogen) atoms. The first-order valence-electron chi connectivity index (χ1n) is 8.89. The Hall–Kier alpha value is -1.43. The summed E-state index contributed by atoms with van der Waals surface area (Å²) in [6.07, 6.45) is 3.97. The van der Waals surface area contributed by atoms with Crippen LogP contribution < -0.4 is 16.0 Å². The van der Waals surface area contributed by atoms with Crippen LogP contribution in [0.2, 0.25) is 0 Å². The highest BCUT2D eigenvalue weighted by molar-refractivity contribution is 14.0. The van der Waals surface area contributed by atoms with Gasteiger partial charge < -0.3 is 16.0 Å². The number of halogens is 1. The molecule has 1 aliphatic rings. The number of carbonyl (C=O) groups excluding carboxylic acids is 2. The first-order chi connectivity index (χ1) is 12.4. The number of hydrogen-bond acceptors (Lipinski definition) is 5. The van der Waals surface area contributed by atoms with Crippen molar-refractivity contribution in [3.05, 3.63) is 16.1 Å². The van der Waals surface area contributed by atoms with Crippen molar-refractivity contribution in [3.8, 4) is 0 Å². The van der Waals surface area contributed by atoms with Crippen molar-refractivity contribution in [2.45, 2.75) is 45.6 Å². The molecule has 0 spiro atoms. The van der Waals surface area contributed by atoms with Gasteiger partial charge in [0.05, 0.1) is 5.01 Å². The van der Waals surface area contributed by atoms with E-state index >= 15 is 0 Å². The molecule has 0 aliphatic carbocycles. The Balaban J connectivity index is 0.00000364. The number of aliphatic imine (C=N–C) groups is 1. The summed E-state index contributed by atoms with van der Waals surface area (Å²) in [6, 6.07) is -0.305. The molecular weight excluding hydrogens is 479 g/mol. The molecule has 1 fully saturated rings. The van der Waals surface area contributed by atoms with Crippen molar-refractivity contribution in [1.82, 2.24) is 25.8 Å². The van der Waals surface area contributed by atoms with Gasteiger partial charge in [-0.25, -0.2) is 9.78 Å². The van der Waals surface area contributed by atoms with Gasteiger partial charge in [0.25, 0.3) is 5.91 Å².